The van der Waals surface area contributed by atoms with Crippen LogP contribution < -0.4 is 14.8 Å². The van der Waals surface area contributed by atoms with Crippen LogP contribution in [0.25, 0.3) is 0 Å². The minimum absolute atomic E-state index is 0.710. The molecule has 0 spiro atoms. The lowest BCUT2D eigenvalue weighted by Crippen LogP contribution is -2.14. The molecule has 0 amide bonds. The average molecular weight is 271 g/mol. The first kappa shape index (κ1) is 14.4. The van der Waals surface area contributed by atoms with Crippen molar-refractivity contribution in [2.24, 2.45) is 0 Å². The smallest absolute Gasteiger partial charge is 0.127 e. The van der Waals surface area contributed by atoms with Gasteiger partial charge in [-0.2, -0.15) is 0 Å². The van der Waals surface area contributed by atoms with E-state index in [1.165, 1.54) is 5.56 Å². The third-order valence-corrected chi connectivity index (χ3v) is 3.23. The van der Waals surface area contributed by atoms with E-state index in [1.807, 2.05) is 37.3 Å². The molecule has 0 bridgehead atoms. The van der Waals surface area contributed by atoms with Gasteiger partial charge in [0.25, 0.3) is 0 Å². The Kier molecular flexibility index (Phi) is 5.02. The molecular formula is C17H21NO2. The topological polar surface area (TPSA) is 30.5 Å². The van der Waals surface area contributed by atoms with Gasteiger partial charge in [-0.05, 0) is 30.2 Å². The molecule has 20 heavy (non-hydrogen) atoms. The van der Waals surface area contributed by atoms with E-state index < -0.39 is 0 Å². The molecule has 0 fully saturated rings. The molecule has 0 saturated heterocycles. The SMILES string of the molecule is COc1cc(C)cc(OC)c1CNCc1ccccc1. The van der Waals surface area contributed by atoms with Crippen LogP contribution in [0, 0.1) is 6.92 Å². The van der Waals surface area contributed by atoms with E-state index in [0.29, 0.717) is 6.54 Å². The molecule has 2 rings (SSSR count). The van der Waals surface area contributed by atoms with Crippen LogP contribution in [0.1, 0.15) is 16.7 Å². The van der Waals surface area contributed by atoms with Gasteiger partial charge >= 0.3 is 0 Å². The second-order valence-corrected chi connectivity index (χ2v) is 4.74. The van der Waals surface area contributed by atoms with Gasteiger partial charge in [0.05, 0.1) is 14.2 Å². The predicted octanol–water partition coefficient (Wildman–Crippen LogP) is 3.30. The molecule has 0 aliphatic heterocycles. The summed E-state index contributed by atoms with van der Waals surface area (Å²) in [7, 11) is 3.38. The number of benzene rings is 2. The Morgan fingerprint density at radius 1 is 0.900 bits per heavy atom. The summed E-state index contributed by atoms with van der Waals surface area (Å²) >= 11 is 0. The number of hydrogen-bond acceptors (Lipinski definition) is 3. The highest BCUT2D eigenvalue weighted by atomic mass is 16.5. The summed E-state index contributed by atoms with van der Waals surface area (Å²) in [6, 6.07) is 14.4. The quantitative estimate of drug-likeness (QED) is 0.874. The largest absolute Gasteiger partial charge is 0.496 e. The third-order valence-electron chi connectivity index (χ3n) is 3.23. The van der Waals surface area contributed by atoms with Crippen LogP contribution in [0.5, 0.6) is 11.5 Å². The highest BCUT2D eigenvalue weighted by molar-refractivity contribution is 5.47. The lowest BCUT2D eigenvalue weighted by atomic mass is 10.1. The molecule has 2 aromatic rings. The Bertz CT molecular complexity index is 527. The summed E-state index contributed by atoms with van der Waals surface area (Å²) in [6.45, 7) is 3.56. The van der Waals surface area contributed by atoms with Crippen LogP contribution in [-0.2, 0) is 13.1 Å². The molecule has 3 heteroatoms. The van der Waals surface area contributed by atoms with E-state index in [9.17, 15) is 0 Å². The zero-order chi connectivity index (χ0) is 14.4. The maximum Gasteiger partial charge on any atom is 0.127 e. The van der Waals surface area contributed by atoms with Gasteiger partial charge in [-0.1, -0.05) is 30.3 Å². The van der Waals surface area contributed by atoms with Crippen LogP contribution in [0.4, 0.5) is 0 Å². The van der Waals surface area contributed by atoms with E-state index >= 15 is 0 Å². The standard InChI is InChI=1S/C17H21NO2/c1-13-9-16(19-2)15(17(10-13)20-3)12-18-11-14-7-5-4-6-8-14/h4-10,18H,11-12H2,1-3H3. The van der Waals surface area contributed by atoms with Gasteiger partial charge in [0.2, 0.25) is 0 Å². The van der Waals surface area contributed by atoms with Gasteiger partial charge in [-0.15, -0.1) is 0 Å². The number of nitrogens with one attached hydrogen (secondary N) is 1. The van der Waals surface area contributed by atoms with Crippen LogP contribution in [0.3, 0.4) is 0 Å². The van der Waals surface area contributed by atoms with E-state index in [0.717, 1.165) is 29.2 Å². The van der Waals surface area contributed by atoms with Crippen LogP contribution in [-0.4, -0.2) is 14.2 Å². The summed E-state index contributed by atoms with van der Waals surface area (Å²) in [4.78, 5) is 0. The molecule has 106 valence electrons. The van der Waals surface area contributed by atoms with Crippen molar-refractivity contribution in [2.45, 2.75) is 20.0 Å². The van der Waals surface area contributed by atoms with Gasteiger partial charge in [0.1, 0.15) is 11.5 Å². The summed E-state index contributed by atoms with van der Waals surface area (Å²) in [6.07, 6.45) is 0. The molecule has 0 heterocycles. The second kappa shape index (κ2) is 6.96. The first-order chi connectivity index (χ1) is 9.74. The van der Waals surface area contributed by atoms with Crippen molar-refractivity contribution in [1.82, 2.24) is 5.32 Å². The molecule has 0 aliphatic carbocycles. The Morgan fingerprint density at radius 3 is 2.05 bits per heavy atom. The summed E-state index contributed by atoms with van der Waals surface area (Å²) in [5.74, 6) is 1.73. The van der Waals surface area contributed by atoms with Gasteiger partial charge in [-0.3, -0.25) is 0 Å². The third kappa shape index (κ3) is 3.52. The Balaban J connectivity index is 2.08. The number of ether oxygens (including phenoxy) is 2. The van der Waals surface area contributed by atoms with E-state index in [1.54, 1.807) is 14.2 Å². The van der Waals surface area contributed by atoms with E-state index in [4.69, 9.17) is 9.47 Å². The van der Waals surface area contributed by atoms with E-state index in [-0.39, 0.29) is 0 Å². The molecule has 0 aromatic heterocycles. The highest BCUT2D eigenvalue weighted by Crippen LogP contribution is 2.30. The number of methoxy groups -OCH3 is 2. The zero-order valence-corrected chi connectivity index (χ0v) is 12.3. The lowest BCUT2D eigenvalue weighted by Gasteiger charge is -2.15. The van der Waals surface area contributed by atoms with Crippen molar-refractivity contribution in [3.63, 3.8) is 0 Å². The molecule has 0 saturated carbocycles. The molecule has 1 N–H and O–H groups in total. The average Bonchev–Trinajstić information content (AvgIpc) is 2.49. The monoisotopic (exact) mass is 271 g/mol. The molecule has 0 atom stereocenters. The van der Waals surface area contributed by atoms with Crippen molar-refractivity contribution >= 4 is 0 Å². The highest BCUT2D eigenvalue weighted by Gasteiger charge is 2.10. The summed E-state index contributed by atoms with van der Waals surface area (Å²) < 4.78 is 10.9. The normalized spacial score (nSPS) is 10.3. The number of rotatable bonds is 6. The fraction of sp³-hybridized carbons (Fsp3) is 0.294. The maximum atomic E-state index is 5.45. The van der Waals surface area contributed by atoms with Crippen molar-refractivity contribution in [2.75, 3.05) is 14.2 Å². The van der Waals surface area contributed by atoms with Crippen molar-refractivity contribution < 1.29 is 9.47 Å². The lowest BCUT2D eigenvalue weighted by molar-refractivity contribution is 0.381. The second-order valence-electron chi connectivity index (χ2n) is 4.74. The number of aryl methyl sites for hydroxylation is 1. The Labute approximate surface area is 120 Å². The van der Waals surface area contributed by atoms with Crippen molar-refractivity contribution in [1.29, 1.82) is 0 Å². The Hall–Kier alpha value is -2.00. The maximum absolute atomic E-state index is 5.45. The Morgan fingerprint density at radius 2 is 1.50 bits per heavy atom. The molecular weight excluding hydrogens is 250 g/mol. The minimum Gasteiger partial charge on any atom is -0.496 e. The van der Waals surface area contributed by atoms with Crippen LogP contribution >= 0.6 is 0 Å². The number of hydrogen-bond donors (Lipinski definition) is 1. The predicted molar refractivity (Wildman–Crippen MR) is 81.3 cm³/mol. The van der Waals surface area contributed by atoms with E-state index in [2.05, 4.69) is 17.4 Å². The first-order valence-electron chi connectivity index (χ1n) is 6.70. The van der Waals surface area contributed by atoms with Crippen molar-refractivity contribution in [3.8, 4) is 11.5 Å². The van der Waals surface area contributed by atoms with Gasteiger partial charge in [0, 0.05) is 18.7 Å². The fourth-order valence-corrected chi connectivity index (χ4v) is 2.22. The minimum atomic E-state index is 0.710. The van der Waals surface area contributed by atoms with Crippen LogP contribution in [0.15, 0.2) is 42.5 Å². The summed E-state index contributed by atoms with van der Waals surface area (Å²) in [5, 5.41) is 3.43. The molecule has 0 radical (unpaired) electrons. The molecule has 0 unspecified atom stereocenters. The first-order valence-corrected chi connectivity index (χ1v) is 6.70. The fourth-order valence-electron chi connectivity index (χ4n) is 2.22. The van der Waals surface area contributed by atoms with Gasteiger partial charge < -0.3 is 14.8 Å². The molecule has 2 aromatic carbocycles. The molecule has 0 aliphatic rings. The van der Waals surface area contributed by atoms with Gasteiger partial charge in [-0.25, -0.2) is 0 Å². The van der Waals surface area contributed by atoms with Crippen molar-refractivity contribution in [3.05, 3.63) is 59.2 Å². The molecule has 3 nitrogen and oxygen atoms in total. The van der Waals surface area contributed by atoms with Crippen LogP contribution in [0.2, 0.25) is 0 Å². The summed E-state index contributed by atoms with van der Waals surface area (Å²) in [5.41, 5.74) is 3.44. The van der Waals surface area contributed by atoms with Gasteiger partial charge in [0.15, 0.2) is 0 Å². The zero-order valence-electron chi connectivity index (χ0n) is 12.3.